The van der Waals surface area contributed by atoms with Crippen molar-refractivity contribution in [3.8, 4) is 22.8 Å². The van der Waals surface area contributed by atoms with E-state index in [9.17, 15) is 8.42 Å². The number of aryl methyl sites for hydroxylation is 1. The molecule has 210 valence electrons. The van der Waals surface area contributed by atoms with Crippen LogP contribution in [0.25, 0.3) is 11.3 Å². The molecule has 9 nitrogen and oxygen atoms in total. The molecule has 41 heavy (non-hydrogen) atoms. The van der Waals surface area contributed by atoms with Crippen molar-refractivity contribution >= 4 is 28.7 Å². The van der Waals surface area contributed by atoms with Crippen molar-refractivity contribution in [2.45, 2.75) is 24.7 Å². The molecule has 2 aromatic heterocycles. The van der Waals surface area contributed by atoms with Gasteiger partial charge in [-0.2, -0.15) is 0 Å². The number of thiol groups is 1. The first-order chi connectivity index (χ1) is 19.8. The molecule has 0 unspecified atom stereocenters. The van der Waals surface area contributed by atoms with Crippen LogP contribution < -0.4 is 14.2 Å². The van der Waals surface area contributed by atoms with Gasteiger partial charge >= 0.3 is 0 Å². The molecule has 0 saturated heterocycles. The van der Waals surface area contributed by atoms with Gasteiger partial charge in [-0.05, 0) is 60.7 Å². The van der Waals surface area contributed by atoms with E-state index in [2.05, 4.69) is 44.7 Å². The molecule has 0 atom stereocenters. The van der Waals surface area contributed by atoms with Gasteiger partial charge in [0, 0.05) is 31.3 Å². The Kier molecular flexibility index (Phi) is 8.55. The van der Waals surface area contributed by atoms with E-state index in [-0.39, 0.29) is 10.7 Å². The summed E-state index contributed by atoms with van der Waals surface area (Å²) in [6, 6.07) is 22.7. The van der Waals surface area contributed by atoms with Crippen LogP contribution in [0.1, 0.15) is 22.4 Å². The lowest BCUT2D eigenvalue weighted by Gasteiger charge is -2.11. The molecular formula is C30H29N5O4S2. The topological polar surface area (TPSA) is 108 Å². The quantitative estimate of drug-likeness (QED) is 0.200. The Morgan fingerprint density at radius 3 is 2.51 bits per heavy atom. The van der Waals surface area contributed by atoms with Crippen LogP contribution in [0.15, 0.2) is 96.3 Å². The van der Waals surface area contributed by atoms with Crippen molar-refractivity contribution in [3.63, 3.8) is 0 Å². The monoisotopic (exact) mass is 587 g/mol. The Morgan fingerprint density at radius 1 is 0.951 bits per heavy atom. The zero-order valence-electron chi connectivity index (χ0n) is 22.6. The summed E-state index contributed by atoms with van der Waals surface area (Å²) in [7, 11) is -2.53. The summed E-state index contributed by atoms with van der Waals surface area (Å²) in [6.45, 7) is 2.34. The van der Waals surface area contributed by atoms with Gasteiger partial charge < -0.3 is 9.47 Å². The first-order valence-corrected chi connectivity index (χ1v) is 14.7. The molecule has 0 aliphatic rings. The SMILES string of the molecule is COc1cc(C)cc(S(=O)(=O)Nc2nn(S)c(Cc3cccc(OCCc4ccccc4)c3)c2-c2cnccn2)c1. The minimum Gasteiger partial charge on any atom is -0.497 e. The van der Waals surface area contributed by atoms with Crippen LogP contribution in [0.2, 0.25) is 0 Å². The van der Waals surface area contributed by atoms with Crippen LogP contribution in [0.3, 0.4) is 0 Å². The van der Waals surface area contributed by atoms with E-state index in [1.54, 1.807) is 37.6 Å². The fraction of sp³-hybridized carbons (Fsp3) is 0.167. The average Bonchev–Trinajstić information content (AvgIpc) is 3.27. The molecule has 5 rings (SSSR count). The normalized spacial score (nSPS) is 11.3. The Hall–Kier alpha value is -4.35. The maximum absolute atomic E-state index is 13.4. The van der Waals surface area contributed by atoms with Gasteiger partial charge in [-0.25, -0.2) is 12.5 Å². The summed E-state index contributed by atoms with van der Waals surface area (Å²) < 4.78 is 42.1. The van der Waals surface area contributed by atoms with E-state index in [1.807, 2.05) is 42.5 Å². The molecule has 1 N–H and O–H groups in total. The molecule has 0 bridgehead atoms. The maximum Gasteiger partial charge on any atom is 0.263 e. The van der Waals surface area contributed by atoms with Crippen molar-refractivity contribution in [2.75, 3.05) is 18.4 Å². The Balaban J connectivity index is 1.44. The molecule has 11 heteroatoms. The lowest BCUT2D eigenvalue weighted by molar-refractivity contribution is 0.321. The van der Waals surface area contributed by atoms with Crippen molar-refractivity contribution in [1.82, 2.24) is 19.2 Å². The Morgan fingerprint density at radius 2 is 1.76 bits per heavy atom. The van der Waals surface area contributed by atoms with E-state index in [0.717, 1.165) is 23.3 Å². The molecule has 0 fully saturated rings. The third-order valence-electron chi connectivity index (χ3n) is 6.35. The highest BCUT2D eigenvalue weighted by Crippen LogP contribution is 2.34. The zero-order chi connectivity index (χ0) is 28.8. The summed E-state index contributed by atoms with van der Waals surface area (Å²) in [5, 5.41) is 4.42. The van der Waals surface area contributed by atoms with Gasteiger partial charge in [-0.3, -0.25) is 14.7 Å². The second-order valence-electron chi connectivity index (χ2n) is 9.35. The number of hydrogen-bond acceptors (Lipinski definition) is 8. The summed E-state index contributed by atoms with van der Waals surface area (Å²) >= 11 is 4.55. The zero-order valence-corrected chi connectivity index (χ0v) is 24.3. The van der Waals surface area contributed by atoms with Gasteiger partial charge in [-0.1, -0.05) is 42.5 Å². The van der Waals surface area contributed by atoms with Crippen LogP contribution in [-0.2, 0) is 22.9 Å². The Bertz CT molecular complexity index is 1740. The lowest BCUT2D eigenvalue weighted by Crippen LogP contribution is -2.14. The minimum atomic E-state index is -4.02. The molecule has 0 spiro atoms. The highest BCUT2D eigenvalue weighted by atomic mass is 32.2. The number of hydrogen-bond donors (Lipinski definition) is 2. The third-order valence-corrected chi connectivity index (χ3v) is 8.00. The number of nitrogens with one attached hydrogen (secondary N) is 1. The summed E-state index contributed by atoms with van der Waals surface area (Å²) in [5.41, 5.74) is 4.44. The van der Waals surface area contributed by atoms with Crippen molar-refractivity contribution in [3.05, 3.63) is 114 Å². The second kappa shape index (κ2) is 12.4. The number of rotatable bonds is 11. The number of nitrogens with zero attached hydrogens (tertiary/aromatic N) is 4. The third kappa shape index (κ3) is 6.87. The van der Waals surface area contributed by atoms with Gasteiger partial charge in [0.2, 0.25) is 0 Å². The highest BCUT2D eigenvalue weighted by Gasteiger charge is 2.25. The van der Waals surface area contributed by atoms with E-state index in [4.69, 9.17) is 9.47 Å². The van der Waals surface area contributed by atoms with Crippen molar-refractivity contribution < 1.29 is 17.9 Å². The second-order valence-corrected chi connectivity index (χ2v) is 11.4. The molecule has 0 saturated carbocycles. The number of anilines is 1. The summed E-state index contributed by atoms with van der Waals surface area (Å²) in [4.78, 5) is 8.66. The number of benzene rings is 3. The standard InChI is InChI=1S/C30H29N5O4S2/c1-21-15-25(38-2)19-26(16-21)41(36,37)34-30-29(27-20-31-12-13-32-27)28(35(40)33-30)18-23-9-6-10-24(17-23)39-14-11-22-7-4-3-5-8-22/h3-10,12-13,15-17,19-20,40H,11,14,18H2,1-2H3,(H,33,34). The first-order valence-electron chi connectivity index (χ1n) is 12.8. The fourth-order valence-electron chi connectivity index (χ4n) is 4.41. The van der Waals surface area contributed by atoms with Gasteiger partial charge in [-0.15, -0.1) is 5.10 Å². The van der Waals surface area contributed by atoms with Crippen LogP contribution in [0, 0.1) is 6.92 Å². The highest BCUT2D eigenvalue weighted by molar-refractivity contribution is 7.92. The molecule has 0 radical (unpaired) electrons. The fourth-order valence-corrected chi connectivity index (χ4v) is 5.80. The van der Waals surface area contributed by atoms with Gasteiger partial charge in [0.05, 0.1) is 41.8 Å². The van der Waals surface area contributed by atoms with Crippen LogP contribution in [-0.4, -0.2) is 41.3 Å². The molecular weight excluding hydrogens is 558 g/mol. The van der Waals surface area contributed by atoms with Crippen LogP contribution >= 0.6 is 12.8 Å². The van der Waals surface area contributed by atoms with E-state index in [1.165, 1.54) is 22.8 Å². The molecule has 0 aliphatic carbocycles. The maximum atomic E-state index is 13.4. The average molecular weight is 588 g/mol. The van der Waals surface area contributed by atoms with E-state index in [0.29, 0.717) is 35.7 Å². The van der Waals surface area contributed by atoms with E-state index >= 15 is 0 Å². The largest absolute Gasteiger partial charge is 0.497 e. The lowest BCUT2D eigenvalue weighted by atomic mass is 10.0. The molecule has 0 amide bonds. The molecule has 3 aromatic carbocycles. The van der Waals surface area contributed by atoms with Crippen molar-refractivity contribution in [1.29, 1.82) is 0 Å². The van der Waals surface area contributed by atoms with Gasteiger partial charge in [0.1, 0.15) is 11.5 Å². The predicted octanol–water partition coefficient (Wildman–Crippen LogP) is 5.36. The molecule has 5 aromatic rings. The number of sulfonamides is 1. The molecule has 0 aliphatic heterocycles. The predicted molar refractivity (Wildman–Crippen MR) is 161 cm³/mol. The smallest absolute Gasteiger partial charge is 0.263 e. The van der Waals surface area contributed by atoms with Gasteiger partial charge in [0.15, 0.2) is 5.82 Å². The first kappa shape index (κ1) is 28.2. The minimum absolute atomic E-state index is 0.0510. The number of methoxy groups -OCH3 is 1. The summed E-state index contributed by atoms with van der Waals surface area (Å²) in [6.07, 6.45) is 5.83. The van der Waals surface area contributed by atoms with Crippen LogP contribution in [0.4, 0.5) is 5.82 Å². The van der Waals surface area contributed by atoms with Crippen LogP contribution in [0.5, 0.6) is 11.5 Å². The number of ether oxygens (including phenoxy) is 2. The van der Waals surface area contributed by atoms with E-state index < -0.39 is 10.0 Å². The number of aromatic nitrogens is 4. The summed E-state index contributed by atoms with van der Waals surface area (Å²) in [5.74, 6) is 1.26. The van der Waals surface area contributed by atoms with Crippen molar-refractivity contribution in [2.24, 2.45) is 0 Å². The Labute approximate surface area is 244 Å². The van der Waals surface area contributed by atoms with Gasteiger partial charge in [0.25, 0.3) is 10.0 Å². The molecule has 2 heterocycles.